The van der Waals surface area contributed by atoms with E-state index in [4.69, 9.17) is 4.74 Å². The maximum atomic E-state index is 5.60. The van der Waals surface area contributed by atoms with E-state index < -0.39 is 0 Å². The van der Waals surface area contributed by atoms with Crippen LogP contribution in [0, 0.1) is 0 Å². The van der Waals surface area contributed by atoms with Gasteiger partial charge in [0.25, 0.3) is 0 Å². The molecule has 0 saturated heterocycles. The first kappa shape index (κ1) is 18.1. The van der Waals surface area contributed by atoms with Crippen molar-refractivity contribution in [2.45, 2.75) is 58.8 Å². The summed E-state index contributed by atoms with van der Waals surface area (Å²) in [6.07, 6.45) is 4.68. The molecule has 4 rings (SSSR count). The Hall–Kier alpha value is -2.28. The van der Waals surface area contributed by atoms with Gasteiger partial charge in [0, 0.05) is 0 Å². The molecule has 140 valence electrons. The number of benzene rings is 3. The molecule has 27 heavy (non-hydrogen) atoms. The van der Waals surface area contributed by atoms with Gasteiger partial charge in [-0.1, -0.05) is 64.4 Å². The van der Waals surface area contributed by atoms with Crippen LogP contribution in [0.25, 0.3) is 21.9 Å². The van der Waals surface area contributed by atoms with E-state index >= 15 is 0 Å². The minimum absolute atomic E-state index is 0.0649. The fourth-order valence-electron chi connectivity index (χ4n) is 4.74. The van der Waals surface area contributed by atoms with Gasteiger partial charge in [-0.2, -0.15) is 0 Å². The van der Waals surface area contributed by atoms with Crippen molar-refractivity contribution in [1.82, 2.24) is 0 Å². The normalized spacial score (nSPS) is 12.9. The van der Waals surface area contributed by atoms with E-state index in [2.05, 4.69) is 70.2 Å². The number of aryl methyl sites for hydroxylation is 1. The van der Waals surface area contributed by atoms with Gasteiger partial charge in [0.05, 0.1) is 7.11 Å². The van der Waals surface area contributed by atoms with Crippen LogP contribution in [0.4, 0.5) is 0 Å². The zero-order valence-electron chi connectivity index (χ0n) is 17.3. The first-order chi connectivity index (χ1) is 13.0. The number of fused-ring (bicyclic) bond motifs is 4. The third-order valence-corrected chi connectivity index (χ3v) is 5.92. The lowest BCUT2D eigenvalue weighted by Gasteiger charge is -2.28. The second-order valence-electron chi connectivity index (χ2n) is 8.81. The Morgan fingerprint density at radius 3 is 2.48 bits per heavy atom. The largest absolute Gasteiger partial charge is 0.497 e. The zero-order chi connectivity index (χ0) is 19.2. The van der Waals surface area contributed by atoms with Gasteiger partial charge in [0.15, 0.2) is 0 Å². The molecule has 0 heterocycles. The number of hydrogen-bond acceptors (Lipinski definition) is 1. The number of rotatable bonds is 4. The van der Waals surface area contributed by atoms with E-state index in [1.165, 1.54) is 45.9 Å². The summed E-state index contributed by atoms with van der Waals surface area (Å²) in [4.78, 5) is 0. The molecule has 1 heteroatoms. The Balaban J connectivity index is 2.15. The van der Waals surface area contributed by atoms with Gasteiger partial charge in [-0.3, -0.25) is 0 Å². The molecular weight excluding hydrogens is 328 g/mol. The molecule has 1 aliphatic rings. The van der Waals surface area contributed by atoms with Crippen LogP contribution in [0.1, 0.15) is 62.8 Å². The van der Waals surface area contributed by atoms with Crippen LogP contribution in [0.2, 0.25) is 0 Å². The minimum Gasteiger partial charge on any atom is -0.497 e. The third-order valence-electron chi connectivity index (χ3n) is 5.92. The first-order valence-corrected chi connectivity index (χ1v) is 10.2. The van der Waals surface area contributed by atoms with Crippen LogP contribution in [-0.2, 0) is 18.3 Å². The van der Waals surface area contributed by atoms with Gasteiger partial charge in [-0.25, -0.2) is 0 Å². The van der Waals surface area contributed by atoms with Crippen molar-refractivity contribution in [3.8, 4) is 16.9 Å². The maximum absolute atomic E-state index is 5.60. The monoisotopic (exact) mass is 358 g/mol. The molecule has 0 aromatic heterocycles. The Morgan fingerprint density at radius 2 is 1.78 bits per heavy atom. The van der Waals surface area contributed by atoms with E-state index in [0.717, 1.165) is 18.6 Å². The molecule has 3 aromatic carbocycles. The van der Waals surface area contributed by atoms with E-state index in [9.17, 15) is 0 Å². The Kier molecular flexibility index (Phi) is 4.50. The number of ether oxygens (including phenoxy) is 1. The highest BCUT2D eigenvalue weighted by molar-refractivity contribution is 6.00. The predicted molar refractivity (Wildman–Crippen MR) is 116 cm³/mol. The molecule has 0 spiro atoms. The summed E-state index contributed by atoms with van der Waals surface area (Å²) in [5.41, 5.74) is 9.04. The lowest BCUT2D eigenvalue weighted by atomic mass is 9.76. The average molecular weight is 359 g/mol. The molecule has 0 radical (unpaired) electrons. The smallest absolute Gasteiger partial charge is 0.119 e. The van der Waals surface area contributed by atoms with Crippen molar-refractivity contribution >= 4 is 10.8 Å². The number of hydrogen-bond donors (Lipinski definition) is 0. The zero-order valence-corrected chi connectivity index (χ0v) is 17.3. The molecule has 3 aromatic rings. The Labute approximate surface area is 163 Å². The lowest BCUT2D eigenvalue weighted by molar-refractivity contribution is 0.415. The third kappa shape index (κ3) is 2.94. The van der Waals surface area contributed by atoms with Crippen molar-refractivity contribution in [1.29, 1.82) is 0 Å². The predicted octanol–water partition coefficient (Wildman–Crippen LogP) is 7.06. The van der Waals surface area contributed by atoms with Crippen molar-refractivity contribution in [3.05, 3.63) is 64.7 Å². The molecule has 1 nitrogen and oxygen atoms in total. The summed E-state index contributed by atoms with van der Waals surface area (Å²) in [5, 5.41) is 2.78. The molecule has 1 aliphatic carbocycles. The maximum Gasteiger partial charge on any atom is 0.119 e. The highest BCUT2D eigenvalue weighted by Crippen LogP contribution is 2.49. The van der Waals surface area contributed by atoms with Crippen LogP contribution in [-0.4, -0.2) is 7.11 Å². The van der Waals surface area contributed by atoms with Crippen LogP contribution >= 0.6 is 0 Å². The van der Waals surface area contributed by atoms with E-state index in [1.807, 2.05) is 0 Å². The summed E-state index contributed by atoms with van der Waals surface area (Å²) in [6, 6.07) is 15.6. The summed E-state index contributed by atoms with van der Waals surface area (Å²) in [5.74, 6) is 0.945. The van der Waals surface area contributed by atoms with Gasteiger partial charge in [-0.05, 0) is 81.0 Å². The summed E-state index contributed by atoms with van der Waals surface area (Å²) < 4.78 is 5.60. The fraction of sp³-hybridized carbons (Fsp3) is 0.385. The first-order valence-electron chi connectivity index (χ1n) is 10.2. The topological polar surface area (TPSA) is 9.23 Å². The molecule has 0 atom stereocenters. The van der Waals surface area contributed by atoms with Crippen molar-refractivity contribution in [3.63, 3.8) is 0 Å². The van der Waals surface area contributed by atoms with Crippen LogP contribution < -0.4 is 4.74 Å². The molecule has 0 unspecified atom stereocenters. The van der Waals surface area contributed by atoms with Crippen LogP contribution in [0.3, 0.4) is 0 Å². The van der Waals surface area contributed by atoms with Crippen molar-refractivity contribution < 1.29 is 4.74 Å². The van der Waals surface area contributed by atoms with Gasteiger partial charge < -0.3 is 4.74 Å². The van der Waals surface area contributed by atoms with E-state index in [0.29, 0.717) is 0 Å². The quantitative estimate of drug-likeness (QED) is 0.379. The molecule has 0 amide bonds. The second-order valence-corrected chi connectivity index (χ2v) is 8.81. The van der Waals surface area contributed by atoms with Gasteiger partial charge in [0.1, 0.15) is 5.75 Å². The molecule has 0 fully saturated rings. The van der Waals surface area contributed by atoms with Crippen LogP contribution in [0.5, 0.6) is 5.75 Å². The van der Waals surface area contributed by atoms with Gasteiger partial charge in [-0.15, -0.1) is 0 Å². The molecule has 0 saturated carbocycles. The average Bonchev–Trinajstić information content (AvgIpc) is 3.02. The Morgan fingerprint density at radius 1 is 1.00 bits per heavy atom. The van der Waals surface area contributed by atoms with Gasteiger partial charge >= 0.3 is 0 Å². The SMILES string of the molecule is CCCCc1c2c(c(C(C)(C)C)c3cc(OC)ccc13)-c1ccccc1C2. The van der Waals surface area contributed by atoms with E-state index in [-0.39, 0.29) is 5.41 Å². The van der Waals surface area contributed by atoms with Crippen molar-refractivity contribution in [2.75, 3.05) is 7.11 Å². The lowest BCUT2D eigenvalue weighted by Crippen LogP contribution is -2.15. The second kappa shape index (κ2) is 6.71. The van der Waals surface area contributed by atoms with E-state index in [1.54, 1.807) is 18.2 Å². The molecular formula is C26H30O. The summed E-state index contributed by atoms with van der Waals surface area (Å²) in [7, 11) is 1.76. The van der Waals surface area contributed by atoms with Crippen LogP contribution in [0.15, 0.2) is 42.5 Å². The fourth-order valence-corrected chi connectivity index (χ4v) is 4.74. The number of unbranched alkanes of at least 4 members (excludes halogenated alkanes) is 1. The summed E-state index contributed by atoms with van der Waals surface area (Å²) in [6.45, 7) is 9.31. The highest BCUT2D eigenvalue weighted by Gasteiger charge is 2.31. The Bertz CT molecular complexity index is 1000. The number of methoxy groups -OCH3 is 1. The van der Waals surface area contributed by atoms with Gasteiger partial charge in [0.2, 0.25) is 0 Å². The molecule has 0 aliphatic heterocycles. The molecule has 0 bridgehead atoms. The molecule has 0 N–H and O–H groups in total. The standard InChI is InChI=1S/C26H30O/c1-6-7-11-20-21-14-13-18(27-5)16-23(21)25(26(2,3)4)24-19-12-9-8-10-17(19)15-22(20)24/h8-10,12-14,16H,6-7,11,15H2,1-5H3. The minimum atomic E-state index is 0.0649. The van der Waals surface area contributed by atoms with Crippen molar-refractivity contribution in [2.24, 2.45) is 0 Å². The summed E-state index contributed by atoms with van der Waals surface area (Å²) >= 11 is 0. The highest BCUT2D eigenvalue weighted by atomic mass is 16.5.